The summed E-state index contributed by atoms with van der Waals surface area (Å²) in [4.78, 5) is 13.1. The van der Waals surface area contributed by atoms with Gasteiger partial charge in [-0.25, -0.2) is 4.39 Å². The highest BCUT2D eigenvalue weighted by Gasteiger charge is 2.26. The molecule has 1 N–H and O–H groups in total. The third-order valence-corrected chi connectivity index (χ3v) is 2.86. The zero-order chi connectivity index (χ0) is 11.5. The van der Waals surface area contributed by atoms with Gasteiger partial charge in [0.05, 0.1) is 12.7 Å². The van der Waals surface area contributed by atoms with E-state index in [0.717, 1.165) is 0 Å². The lowest BCUT2D eigenvalue weighted by molar-refractivity contribution is -0.116. The van der Waals surface area contributed by atoms with Crippen LogP contribution in [0.2, 0.25) is 0 Å². The van der Waals surface area contributed by atoms with Crippen molar-refractivity contribution in [1.82, 2.24) is 10.2 Å². The van der Waals surface area contributed by atoms with E-state index in [4.69, 9.17) is 0 Å². The third kappa shape index (κ3) is 2.46. The molecule has 1 unspecified atom stereocenters. The number of carbonyl (C=O) groups is 1. The van der Waals surface area contributed by atoms with Crippen LogP contribution in [0, 0.1) is 5.82 Å². The van der Waals surface area contributed by atoms with Crippen molar-refractivity contribution in [2.75, 3.05) is 13.6 Å². The van der Waals surface area contributed by atoms with Crippen molar-refractivity contribution in [2.24, 2.45) is 0 Å². The summed E-state index contributed by atoms with van der Waals surface area (Å²) in [5, 5.41) is 3.18. The van der Waals surface area contributed by atoms with Crippen molar-refractivity contribution >= 4 is 5.78 Å². The molecule has 0 aliphatic carbocycles. The molecule has 16 heavy (non-hydrogen) atoms. The van der Waals surface area contributed by atoms with Gasteiger partial charge >= 0.3 is 0 Å². The number of Topliss-reactive ketones (excluding diaryl/α,β-unsaturated/α-hetero) is 1. The number of nitrogens with zero attached hydrogens (tertiary/aromatic N) is 1. The van der Waals surface area contributed by atoms with Crippen LogP contribution in [0.25, 0.3) is 0 Å². The average molecular weight is 222 g/mol. The minimum atomic E-state index is -0.207. The first-order valence-electron chi connectivity index (χ1n) is 5.35. The molecule has 1 heterocycles. The van der Waals surface area contributed by atoms with E-state index in [9.17, 15) is 9.18 Å². The Morgan fingerprint density at radius 3 is 2.88 bits per heavy atom. The number of rotatable bonds is 3. The fraction of sp³-hybridized carbons (Fsp3) is 0.417. The smallest absolute Gasteiger partial charge is 0.149 e. The van der Waals surface area contributed by atoms with Gasteiger partial charge in [0.1, 0.15) is 11.6 Å². The van der Waals surface area contributed by atoms with Crippen LogP contribution in [0.3, 0.4) is 0 Å². The van der Waals surface area contributed by atoms with E-state index >= 15 is 0 Å². The number of hydrogen-bond acceptors (Lipinski definition) is 3. The van der Waals surface area contributed by atoms with Crippen LogP contribution in [-0.4, -0.2) is 30.4 Å². The Balaban J connectivity index is 1.93. The number of carbonyl (C=O) groups excluding carboxylic acids is 1. The van der Waals surface area contributed by atoms with Crippen LogP contribution >= 0.6 is 0 Å². The summed E-state index contributed by atoms with van der Waals surface area (Å²) in [6.07, 6.45) is 0.539. The maximum absolute atomic E-state index is 13.3. The van der Waals surface area contributed by atoms with Crippen LogP contribution in [0.1, 0.15) is 12.0 Å². The Hall–Kier alpha value is -1.26. The van der Waals surface area contributed by atoms with Crippen molar-refractivity contribution in [3.05, 3.63) is 35.6 Å². The van der Waals surface area contributed by atoms with E-state index in [1.54, 1.807) is 12.1 Å². The zero-order valence-corrected chi connectivity index (χ0v) is 9.24. The van der Waals surface area contributed by atoms with Crippen molar-refractivity contribution in [3.8, 4) is 0 Å². The fourth-order valence-electron chi connectivity index (χ4n) is 1.92. The van der Waals surface area contributed by atoms with E-state index in [-0.39, 0.29) is 17.8 Å². The zero-order valence-electron chi connectivity index (χ0n) is 9.24. The SMILES string of the molecule is CN1CC(=O)CC1NCc1ccccc1F. The normalized spacial score (nSPS) is 21.6. The number of halogens is 1. The van der Waals surface area contributed by atoms with Crippen LogP contribution in [0.5, 0.6) is 0 Å². The van der Waals surface area contributed by atoms with Gasteiger partial charge in [-0.1, -0.05) is 18.2 Å². The molecule has 0 aromatic heterocycles. The summed E-state index contributed by atoms with van der Waals surface area (Å²) in [6.45, 7) is 0.934. The molecule has 1 aliphatic rings. The second-order valence-electron chi connectivity index (χ2n) is 4.15. The molecule has 3 nitrogen and oxygen atoms in total. The monoisotopic (exact) mass is 222 g/mol. The Morgan fingerprint density at radius 1 is 1.50 bits per heavy atom. The van der Waals surface area contributed by atoms with E-state index in [0.29, 0.717) is 25.1 Å². The minimum Gasteiger partial charge on any atom is -0.298 e. The van der Waals surface area contributed by atoms with E-state index in [1.165, 1.54) is 6.07 Å². The van der Waals surface area contributed by atoms with Crippen LogP contribution < -0.4 is 5.32 Å². The summed E-state index contributed by atoms with van der Waals surface area (Å²) >= 11 is 0. The molecule has 1 aromatic rings. The van der Waals surface area contributed by atoms with Crippen LogP contribution in [0.4, 0.5) is 4.39 Å². The minimum absolute atomic E-state index is 0.0344. The van der Waals surface area contributed by atoms with Crippen molar-refractivity contribution in [1.29, 1.82) is 0 Å². The van der Waals surface area contributed by atoms with Crippen LogP contribution in [-0.2, 0) is 11.3 Å². The highest BCUT2D eigenvalue weighted by atomic mass is 19.1. The topological polar surface area (TPSA) is 32.3 Å². The lowest BCUT2D eigenvalue weighted by atomic mass is 10.2. The van der Waals surface area contributed by atoms with Crippen molar-refractivity contribution in [2.45, 2.75) is 19.1 Å². The highest BCUT2D eigenvalue weighted by Crippen LogP contribution is 2.11. The predicted molar refractivity (Wildman–Crippen MR) is 59.3 cm³/mol. The first-order chi connectivity index (χ1) is 7.66. The van der Waals surface area contributed by atoms with E-state index in [1.807, 2.05) is 18.0 Å². The molecule has 4 heteroatoms. The fourth-order valence-corrected chi connectivity index (χ4v) is 1.92. The summed E-state index contributed by atoms with van der Waals surface area (Å²) in [5.41, 5.74) is 0.634. The van der Waals surface area contributed by atoms with Crippen molar-refractivity contribution < 1.29 is 9.18 Å². The molecule has 1 aromatic carbocycles. The molecule has 1 fully saturated rings. The summed E-state index contributed by atoms with van der Waals surface area (Å²) < 4.78 is 13.3. The summed E-state index contributed by atoms with van der Waals surface area (Å²) in [7, 11) is 1.89. The second kappa shape index (κ2) is 4.72. The molecule has 2 rings (SSSR count). The Kier molecular flexibility index (Phi) is 3.31. The molecule has 0 spiro atoms. The molecule has 0 radical (unpaired) electrons. The molecule has 1 saturated heterocycles. The van der Waals surface area contributed by atoms with Gasteiger partial charge in [-0.15, -0.1) is 0 Å². The van der Waals surface area contributed by atoms with Gasteiger partial charge in [-0.3, -0.25) is 15.0 Å². The lowest BCUT2D eigenvalue weighted by Crippen LogP contribution is -2.38. The number of benzene rings is 1. The van der Waals surface area contributed by atoms with Crippen LogP contribution in [0.15, 0.2) is 24.3 Å². The van der Waals surface area contributed by atoms with Gasteiger partial charge in [0.2, 0.25) is 0 Å². The van der Waals surface area contributed by atoms with Gasteiger partial charge in [-0.2, -0.15) is 0 Å². The molecular formula is C12H15FN2O. The Morgan fingerprint density at radius 2 is 2.25 bits per heavy atom. The predicted octanol–water partition coefficient (Wildman–Crippen LogP) is 1.15. The van der Waals surface area contributed by atoms with Crippen molar-refractivity contribution in [3.63, 3.8) is 0 Å². The quantitative estimate of drug-likeness (QED) is 0.832. The third-order valence-electron chi connectivity index (χ3n) is 2.86. The highest BCUT2D eigenvalue weighted by molar-refractivity contribution is 5.83. The van der Waals surface area contributed by atoms with Gasteiger partial charge < -0.3 is 0 Å². The molecule has 0 amide bonds. The summed E-state index contributed by atoms with van der Waals surface area (Å²) in [5.74, 6) is 0.0236. The first kappa shape index (κ1) is 11.2. The molecule has 0 saturated carbocycles. The van der Waals surface area contributed by atoms with E-state index < -0.39 is 0 Å². The van der Waals surface area contributed by atoms with E-state index in [2.05, 4.69) is 5.32 Å². The Labute approximate surface area is 94.3 Å². The summed E-state index contributed by atoms with van der Waals surface area (Å²) in [6, 6.07) is 6.67. The number of nitrogens with one attached hydrogen (secondary N) is 1. The van der Waals surface area contributed by atoms with Gasteiger partial charge in [-0.05, 0) is 13.1 Å². The maximum Gasteiger partial charge on any atom is 0.149 e. The first-order valence-corrected chi connectivity index (χ1v) is 5.35. The standard InChI is InChI=1S/C12H15FN2O/c1-15-8-10(16)6-12(15)14-7-9-4-2-3-5-11(9)13/h2-5,12,14H,6-8H2,1H3. The maximum atomic E-state index is 13.3. The second-order valence-corrected chi connectivity index (χ2v) is 4.15. The van der Waals surface area contributed by atoms with Gasteiger partial charge in [0.15, 0.2) is 0 Å². The molecule has 1 atom stereocenters. The lowest BCUT2D eigenvalue weighted by Gasteiger charge is -2.19. The number of likely N-dealkylation sites (N-methyl/N-ethyl adjacent to an activating group) is 1. The van der Waals surface area contributed by atoms with Gasteiger partial charge in [0, 0.05) is 18.5 Å². The number of hydrogen-bond donors (Lipinski definition) is 1. The molecule has 86 valence electrons. The average Bonchev–Trinajstić information content (AvgIpc) is 2.56. The molecule has 1 aliphatic heterocycles. The molecular weight excluding hydrogens is 207 g/mol. The molecule has 0 bridgehead atoms. The number of likely N-dealkylation sites (tertiary alicyclic amines) is 1. The van der Waals surface area contributed by atoms with Gasteiger partial charge in [0.25, 0.3) is 0 Å². The largest absolute Gasteiger partial charge is 0.298 e. The number of ketones is 1. The Bertz CT molecular complexity index is 394.